The highest BCUT2D eigenvalue weighted by Crippen LogP contribution is 2.29. The van der Waals surface area contributed by atoms with Gasteiger partial charge in [0.1, 0.15) is 15.8 Å². The maximum Gasteiger partial charge on any atom is 0.265 e. The Labute approximate surface area is 140 Å². The first-order chi connectivity index (χ1) is 9.83. The molecule has 2 aromatic rings. The quantitative estimate of drug-likeness (QED) is 0.773. The highest BCUT2D eigenvalue weighted by atomic mass is 79.9. The number of hydrogen-bond donors (Lipinski definition) is 1. The zero-order chi connectivity index (χ0) is 15.6. The Hall–Kier alpha value is -1.02. The van der Waals surface area contributed by atoms with Crippen molar-refractivity contribution in [3.8, 4) is 5.75 Å². The van der Waals surface area contributed by atoms with E-state index in [2.05, 4.69) is 25.6 Å². The number of halogens is 3. The molecule has 1 aromatic heterocycles. The molecule has 21 heavy (non-hydrogen) atoms. The van der Waals surface area contributed by atoms with E-state index in [1.807, 2.05) is 0 Å². The molecule has 0 unspecified atom stereocenters. The number of methoxy groups -OCH3 is 1. The van der Waals surface area contributed by atoms with Crippen LogP contribution in [0.1, 0.15) is 0 Å². The average molecular weight is 412 g/mol. The molecule has 1 aromatic carbocycles. The molecule has 5 nitrogen and oxygen atoms in total. The Balaban J connectivity index is 2.37. The number of anilines is 1. The minimum absolute atomic E-state index is 0.120. The number of ether oxygens (including phenoxy) is 1. The standard InChI is InChI=1S/C12H9BrCl2N2O3S/c1-20-10-3-2-8(5-9(10)14)17-21(18,19)11-4-7(13)6-16-12(11)15/h2-6,17H,1H3. The molecule has 0 aliphatic heterocycles. The number of rotatable bonds is 4. The third kappa shape index (κ3) is 3.79. The molecule has 0 saturated carbocycles. The summed E-state index contributed by atoms with van der Waals surface area (Å²) in [7, 11) is -2.41. The van der Waals surface area contributed by atoms with E-state index < -0.39 is 10.0 Å². The fourth-order valence-electron chi connectivity index (χ4n) is 1.53. The van der Waals surface area contributed by atoms with E-state index in [-0.39, 0.29) is 20.8 Å². The fraction of sp³-hybridized carbons (Fsp3) is 0.0833. The summed E-state index contributed by atoms with van der Waals surface area (Å²) in [5.41, 5.74) is 0.289. The summed E-state index contributed by atoms with van der Waals surface area (Å²) >= 11 is 14.9. The molecule has 112 valence electrons. The highest BCUT2D eigenvalue weighted by molar-refractivity contribution is 9.10. The summed E-state index contributed by atoms with van der Waals surface area (Å²) in [6, 6.07) is 5.89. The summed E-state index contributed by atoms with van der Waals surface area (Å²) in [5, 5.41) is 0.168. The molecule has 0 aliphatic rings. The Kier molecular flexibility index (Phi) is 4.98. The van der Waals surface area contributed by atoms with Crippen molar-refractivity contribution in [2.24, 2.45) is 0 Å². The molecule has 0 radical (unpaired) electrons. The zero-order valence-electron chi connectivity index (χ0n) is 10.6. The predicted octanol–water partition coefficient (Wildman–Crippen LogP) is 3.96. The topological polar surface area (TPSA) is 68.3 Å². The van der Waals surface area contributed by atoms with Gasteiger partial charge in [-0.05, 0) is 40.2 Å². The molecule has 0 spiro atoms. The smallest absolute Gasteiger partial charge is 0.265 e. The Morgan fingerprint density at radius 2 is 2.00 bits per heavy atom. The number of sulfonamides is 1. The van der Waals surface area contributed by atoms with Gasteiger partial charge in [0.05, 0.1) is 17.8 Å². The number of nitrogens with one attached hydrogen (secondary N) is 1. The van der Waals surface area contributed by atoms with Crippen molar-refractivity contribution in [3.05, 3.63) is 45.1 Å². The molecule has 1 N–H and O–H groups in total. The van der Waals surface area contributed by atoms with Gasteiger partial charge in [0.2, 0.25) is 0 Å². The zero-order valence-corrected chi connectivity index (χ0v) is 14.5. The van der Waals surface area contributed by atoms with Crippen LogP contribution in [0.4, 0.5) is 5.69 Å². The molecule has 0 saturated heterocycles. The number of aromatic nitrogens is 1. The molecule has 9 heteroatoms. The molecule has 0 bridgehead atoms. The minimum atomic E-state index is -3.88. The third-order valence-electron chi connectivity index (χ3n) is 2.47. The molecule has 0 aliphatic carbocycles. The van der Waals surface area contributed by atoms with E-state index in [0.717, 1.165) is 0 Å². The summed E-state index contributed by atoms with van der Waals surface area (Å²) in [5.74, 6) is 0.446. The Morgan fingerprint density at radius 1 is 1.29 bits per heavy atom. The van der Waals surface area contributed by atoms with Crippen LogP contribution in [0.25, 0.3) is 0 Å². The SMILES string of the molecule is COc1ccc(NS(=O)(=O)c2cc(Br)cnc2Cl)cc1Cl. The van der Waals surface area contributed by atoms with Gasteiger partial charge >= 0.3 is 0 Å². The summed E-state index contributed by atoms with van der Waals surface area (Å²) in [6.07, 6.45) is 1.41. The first kappa shape index (κ1) is 16.4. The lowest BCUT2D eigenvalue weighted by molar-refractivity contribution is 0.415. The van der Waals surface area contributed by atoms with Crippen LogP contribution < -0.4 is 9.46 Å². The second kappa shape index (κ2) is 6.39. The number of hydrogen-bond acceptors (Lipinski definition) is 4. The molecule has 0 amide bonds. The number of nitrogens with zero attached hydrogens (tertiary/aromatic N) is 1. The lowest BCUT2D eigenvalue weighted by atomic mass is 10.3. The normalized spacial score (nSPS) is 11.2. The average Bonchev–Trinajstić information content (AvgIpc) is 2.41. The van der Waals surface area contributed by atoms with E-state index in [0.29, 0.717) is 10.2 Å². The van der Waals surface area contributed by atoms with Crippen molar-refractivity contribution in [1.29, 1.82) is 0 Å². The Bertz CT molecular complexity index is 784. The van der Waals surface area contributed by atoms with Crippen LogP contribution in [0, 0.1) is 0 Å². The van der Waals surface area contributed by atoms with Crippen molar-refractivity contribution in [2.45, 2.75) is 4.90 Å². The number of pyridine rings is 1. The molecule has 2 rings (SSSR count). The monoisotopic (exact) mass is 410 g/mol. The number of benzene rings is 1. The van der Waals surface area contributed by atoms with Crippen molar-refractivity contribution in [2.75, 3.05) is 11.8 Å². The second-order valence-corrected chi connectivity index (χ2v) is 7.23. The van der Waals surface area contributed by atoms with Gasteiger partial charge in [-0.1, -0.05) is 23.2 Å². The van der Waals surface area contributed by atoms with Crippen LogP contribution in [0.5, 0.6) is 5.75 Å². The van der Waals surface area contributed by atoms with E-state index >= 15 is 0 Å². The van der Waals surface area contributed by atoms with Gasteiger partial charge in [-0.25, -0.2) is 13.4 Å². The first-order valence-corrected chi connectivity index (χ1v) is 8.54. The van der Waals surface area contributed by atoms with Crippen LogP contribution in [0.15, 0.2) is 39.8 Å². The van der Waals surface area contributed by atoms with Gasteiger partial charge in [-0.2, -0.15) is 0 Å². The van der Waals surface area contributed by atoms with Gasteiger partial charge < -0.3 is 4.74 Å². The van der Waals surface area contributed by atoms with Crippen molar-refractivity contribution >= 4 is 54.8 Å². The van der Waals surface area contributed by atoms with Crippen LogP contribution in [-0.4, -0.2) is 20.5 Å². The molecule has 0 atom stereocenters. The van der Waals surface area contributed by atoms with Gasteiger partial charge in [-0.15, -0.1) is 0 Å². The van der Waals surface area contributed by atoms with E-state index in [1.54, 1.807) is 6.07 Å². The summed E-state index contributed by atoms with van der Waals surface area (Å²) in [4.78, 5) is 3.65. The van der Waals surface area contributed by atoms with Gasteiger partial charge in [0.25, 0.3) is 10.0 Å². The van der Waals surface area contributed by atoms with Crippen molar-refractivity contribution in [1.82, 2.24) is 4.98 Å². The molecular weight excluding hydrogens is 403 g/mol. The fourth-order valence-corrected chi connectivity index (χ4v) is 3.78. The van der Waals surface area contributed by atoms with Crippen LogP contribution in [0.2, 0.25) is 10.2 Å². The van der Waals surface area contributed by atoms with Crippen LogP contribution in [0.3, 0.4) is 0 Å². The minimum Gasteiger partial charge on any atom is -0.495 e. The third-order valence-corrected chi connectivity index (χ3v) is 5.00. The largest absolute Gasteiger partial charge is 0.495 e. The lowest BCUT2D eigenvalue weighted by Gasteiger charge is -2.11. The summed E-state index contributed by atoms with van der Waals surface area (Å²) in [6.45, 7) is 0. The molecule has 0 fully saturated rings. The van der Waals surface area contributed by atoms with Gasteiger partial charge in [0.15, 0.2) is 0 Å². The lowest BCUT2D eigenvalue weighted by Crippen LogP contribution is -2.14. The van der Waals surface area contributed by atoms with Crippen LogP contribution in [-0.2, 0) is 10.0 Å². The van der Waals surface area contributed by atoms with E-state index in [1.165, 1.54) is 31.5 Å². The second-order valence-electron chi connectivity index (χ2n) is 3.90. The van der Waals surface area contributed by atoms with E-state index in [9.17, 15) is 8.42 Å². The maximum absolute atomic E-state index is 12.3. The molecule has 1 heterocycles. The van der Waals surface area contributed by atoms with Crippen LogP contribution >= 0.6 is 39.1 Å². The van der Waals surface area contributed by atoms with Gasteiger partial charge in [0, 0.05) is 10.7 Å². The Morgan fingerprint density at radius 3 is 2.62 bits per heavy atom. The predicted molar refractivity (Wildman–Crippen MR) is 85.8 cm³/mol. The first-order valence-electron chi connectivity index (χ1n) is 5.51. The van der Waals surface area contributed by atoms with Crippen molar-refractivity contribution in [3.63, 3.8) is 0 Å². The van der Waals surface area contributed by atoms with Crippen molar-refractivity contribution < 1.29 is 13.2 Å². The van der Waals surface area contributed by atoms with E-state index in [4.69, 9.17) is 27.9 Å². The summed E-state index contributed by atoms with van der Waals surface area (Å²) < 4.78 is 32.5. The maximum atomic E-state index is 12.3. The highest BCUT2D eigenvalue weighted by Gasteiger charge is 2.20. The molecular formula is C12H9BrCl2N2O3S. The van der Waals surface area contributed by atoms with Gasteiger partial charge in [-0.3, -0.25) is 4.72 Å².